The molecule has 2 N–H and O–H groups in total. The summed E-state index contributed by atoms with van der Waals surface area (Å²) in [6, 6.07) is 0. The highest BCUT2D eigenvalue weighted by Crippen LogP contribution is 2.10. The molecule has 2 aliphatic rings. The number of hydrogen-bond donors (Lipinski definition) is 2. The first-order chi connectivity index (χ1) is 13.8. The van der Waals surface area contributed by atoms with Gasteiger partial charge in [-0.3, -0.25) is 9.56 Å². The number of nitrogens with zero attached hydrogens (tertiary/aromatic N) is 5. The molecule has 0 aromatic carbocycles. The van der Waals surface area contributed by atoms with Crippen molar-refractivity contribution >= 4 is 5.96 Å². The van der Waals surface area contributed by atoms with Crippen molar-refractivity contribution in [1.82, 2.24) is 29.9 Å². The molecule has 3 rings (SSSR count). The smallest absolute Gasteiger partial charge is 0.345 e. The van der Waals surface area contributed by atoms with Crippen LogP contribution in [-0.4, -0.2) is 65.0 Å². The Hall–Kier alpha value is -1.83. The van der Waals surface area contributed by atoms with Gasteiger partial charge in [-0.15, -0.1) is 0 Å². The van der Waals surface area contributed by atoms with Gasteiger partial charge in [-0.1, -0.05) is 12.8 Å². The van der Waals surface area contributed by atoms with E-state index in [1.165, 1.54) is 38.8 Å². The molecule has 1 aromatic heterocycles. The highest BCUT2D eigenvalue weighted by atomic mass is 16.2. The number of nitrogens with one attached hydrogen (secondary N) is 2. The van der Waals surface area contributed by atoms with Crippen LogP contribution in [0.1, 0.15) is 57.2 Å². The molecule has 0 aliphatic carbocycles. The zero-order chi connectivity index (χ0) is 19.6. The largest absolute Gasteiger partial charge is 0.356 e. The van der Waals surface area contributed by atoms with Crippen LogP contribution in [-0.2, 0) is 19.5 Å². The van der Waals surface area contributed by atoms with E-state index in [-0.39, 0.29) is 5.69 Å². The van der Waals surface area contributed by atoms with Crippen LogP contribution in [0.15, 0.2) is 9.79 Å². The Morgan fingerprint density at radius 3 is 2.32 bits per heavy atom. The summed E-state index contributed by atoms with van der Waals surface area (Å²) in [4.78, 5) is 19.2. The Labute approximate surface area is 168 Å². The maximum atomic E-state index is 12.3. The van der Waals surface area contributed by atoms with Gasteiger partial charge in [0.15, 0.2) is 5.96 Å². The number of rotatable bonds is 8. The fraction of sp³-hybridized carbons (Fsp3) is 0.850. The van der Waals surface area contributed by atoms with Crippen LogP contribution in [0, 0.1) is 0 Å². The van der Waals surface area contributed by atoms with Gasteiger partial charge in [0, 0.05) is 39.6 Å². The monoisotopic (exact) mass is 391 g/mol. The molecule has 0 atom stereocenters. The van der Waals surface area contributed by atoms with E-state index in [0.717, 1.165) is 70.1 Å². The molecule has 3 heterocycles. The average Bonchev–Trinajstić information content (AvgIpc) is 2.88. The van der Waals surface area contributed by atoms with Crippen molar-refractivity contribution in [3.63, 3.8) is 0 Å². The van der Waals surface area contributed by atoms with Crippen LogP contribution < -0.4 is 16.3 Å². The molecule has 0 unspecified atom stereocenters. The molecular weight excluding hydrogens is 354 g/mol. The number of fused-ring (bicyclic) bond motifs is 1. The van der Waals surface area contributed by atoms with E-state index in [1.54, 1.807) is 11.7 Å². The lowest BCUT2D eigenvalue weighted by Crippen LogP contribution is -2.39. The van der Waals surface area contributed by atoms with E-state index in [2.05, 4.69) is 25.6 Å². The molecule has 1 fully saturated rings. The van der Waals surface area contributed by atoms with E-state index < -0.39 is 0 Å². The topological polar surface area (TPSA) is 79.5 Å². The number of aryl methyl sites for hydroxylation is 2. The Balaban J connectivity index is 1.30. The predicted molar refractivity (Wildman–Crippen MR) is 113 cm³/mol. The van der Waals surface area contributed by atoms with E-state index in [0.29, 0.717) is 6.54 Å². The van der Waals surface area contributed by atoms with Gasteiger partial charge >= 0.3 is 5.69 Å². The molecule has 28 heavy (non-hydrogen) atoms. The van der Waals surface area contributed by atoms with E-state index in [1.807, 2.05) is 4.57 Å². The number of guanidine groups is 1. The van der Waals surface area contributed by atoms with Crippen molar-refractivity contribution < 1.29 is 0 Å². The SMILES string of the molecule is CN=C(NCCCN1CCCCCC1)NCCCn1nc2n(c1=O)CCCC2. The number of aromatic nitrogens is 3. The van der Waals surface area contributed by atoms with Gasteiger partial charge in [0.1, 0.15) is 5.82 Å². The molecule has 0 saturated carbocycles. The normalized spacial score (nSPS) is 18.5. The van der Waals surface area contributed by atoms with Crippen molar-refractivity contribution in [1.29, 1.82) is 0 Å². The number of likely N-dealkylation sites (tertiary alicyclic amines) is 1. The van der Waals surface area contributed by atoms with Crippen molar-refractivity contribution in [2.24, 2.45) is 4.99 Å². The van der Waals surface area contributed by atoms with Crippen molar-refractivity contribution in [3.8, 4) is 0 Å². The first-order valence-corrected chi connectivity index (χ1v) is 11.1. The van der Waals surface area contributed by atoms with Crippen LogP contribution in [0.25, 0.3) is 0 Å². The fourth-order valence-corrected chi connectivity index (χ4v) is 4.12. The van der Waals surface area contributed by atoms with Crippen LogP contribution >= 0.6 is 0 Å². The maximum absolute atomic E-state index is 12.3. The zero-order valence-electron chi connectivity index (χ0n) is 17.5. The minimum atomic E-state index is 0.0470. The Kier molecular flexibility index (Phi) is 8.39. The van der Waals surface area contributed by atoms with Gasteiger partial charge in [0.2, 0.25) is 0 Å². The van der Waals surface area contributed by atoms with Crippen molar-refractivity contribution in [2.45, 2.75) is 70.9 Å². The van der Waals surface area contributed by atoms with Gasteiger partial charge in [0.25, 0.3) is 0 Å². The molecule has 8 heteroatoms. The van der Waals surface area contributed by atoms with Gasteiger partial charge in [-0.2, -0.15) is 5.10 Å². The highest BCUT2D eigenvalue weighted by molar-refractivity contribution is 5.79. The number of hydrogen-bond acceptors (Lipinski definition) is 4. The maximum Gasteiger partial charge on any atom is 0.345 e. The molecular formula is C20H37N7O. The molecule has 0 bridgehead atoms. The van der Waals surface area contributed by atoms with Gasteiger partial charge in [-0.25, -0.2) is 9.48 Å². The second-order valence-electron chi connectivity index (χ2n) is 7.92. The van der Waals surface area contributed by atoms with Crippen LogP contribution in [0.5, 0.6) is 0 Å². The second kappa shape index (κ2) is 11.2. The van der Waals surface area contributed by atoms with Gasteiger partial charge in [-0.05, 0) is 58.2 Å². The summed E-state index contributed by atoms with van der Waals surface area (Å²) in [5, 5.41) is 11.2. The summed E-state index contributed by atoms with van der Waals surface area (Å²) >= 11 is 0. The Morgan fingerprint density at radius 1 is 0.964 bits per heavy atom. The average molecular weight is 392 g/mol. The number of aliphatic imine (C=N–C) groups is 1. The van der Waals surface area contributed by atoms with E-state index >= 15 is 0 Å². The zero-order valence-corrected chi connectivity index (χ0v) is 17.5. The predicted octanol–water partition coefficient (Wildman–Crippen LogP) is 1.20. The van der Waals surface area contributed by atoms with Crippen LogP contribution in [0.4, 0.5) is 0 Å². The highest BCUT2D eigenvalue weighted by Gasteiger charge is 2.16. The molecule has 0 amide bonds. The fourth-order valence-electron chi connectivity index (χ4n) is 4.12. The minimum absolute atomic E-state index is 0.0470. The Morgan fingerprint density at radius 2 is 1.64 bits per heavy atom. The summed E-state index contributed by atoms with van der Waals surface area (Å²) in [7, 11) is 1.80. The molecule has 1 aromatic rings. The third kappa shape index (κ3) is 6.09. The molecule has 158 valence electrons. The molecule has 8 nitrogen and oxygen atoms in total. The lowest BCUT2D eigenvalue weighted by molar-refractivity contribution is 0.282. The molecule has 2 aliphatic heterocycles. The third-order valence-corrected chi connectivity index (χ3v) is 5.74. The Bertz CT molecular complexity index is 671. The summed E-state index contributed by atoms with van der Waals surface area (Å²) in [6.45, 7) is 6.85. The molecule has 0 spiro atoms. The second-order valence-corrected chi connectivity index (χ2v) is 7.92. The molecule has 0 radical (unpaired) electrons. The van der Waals surface area contributed by atoms with Crippen LogP contribution in [0.2, 0.25) is 0 Å². The van der Waals surface area contributed by atoms with Gasteiger partial charge in [0.05, 0.1) is 0 Å². The summed E-state index contributed by atoms with van der Waals surface area (Å²) in [5.41, 5.74) is 0.0470. The first-order valence-electron chi connectivity index (χ1n) is 11.1. The van der Waals surface area contributed by atoms with Crippen molar-refractivity contribution in [2.75, 3.05) is 39.8 Å². The summed E-state index contributed by atoms with van der Waals surface area (Å²) in [6.07, 6.45) is 10.6. The lowest BCUT2D eigenvalue weighted by Gasteiger charge is -2.20. The summed E-state index contributed by atoms with van der Waals surface area (Å²) in [5.74, 6) is 1.79. The lowest BCUT2D eigenvalue weighted by atomic mass is 10.2. The van der Waals surface area contributed by atoms with E-state index in [4.69, 9.17) is 0 Å². The van der Waals surface area contributed by atoms with E-state index in [9.17, 15) is 4.79 Å². The first kappa shape index (κ1) is 20.9. The standard InChI is InChI=1S/C20H37N7O/c1-21-19(22-11-8-15-25-13-5-2-3-6-14-25)23-12-9-17-27-20(28)26-16-7-4-10-18(26)24-27/h2-17H2,1H3,(H2,21,22,23). The van der Waals surface area contributed by atoms with Crippen LogP contribution in [0.3, 0.4) is 0 Å². The molecule has 1 saturated heterocycles. The third-order valence-electron chi connectivity index (χ3n) is 5.74. The van der Waals surface area contributed by atoms with Gasteiger partial charge < -0.3 is 15.5 Å². The quantitative estimate of drug-likeness (QED) is 0.395. The minimum Gasteiger partial charge on any atom is -0.356 e. The summed E-state index contributed by atoms with van der Waals surface area (Å²) < 4.78 is 3.46. The van der Waals surface area contributed by atoms with Crippen molar-refractivity contribution in [3.05, 3.63) is 16.3 Å².